The van der Waals surface area contributed by atoms with Gasteiger partial charge >= 0.3 is 5.97 Å². The van der Waals surface area contributed by atoms with Crippen LogP contribution in [0, 0.1) is 6.92 Å². The first-order valence-electron chi connectivity index (χ1n) is 4.25. The number of nitrogens with one attached hydrogen (secondary N) is 1. The van der Waals surface area contributed by atoms with E-state index in [4.69, 9.17) is 0 Å². The molecule has 1 heterocycles. The molecule has 72 valence electrons. The van der Waals surface area contributed by atoms with Gasteiger partial charge in [0.2, 0.25) is 0 Å². The van der Waals surface area contributed by atoms with Crippen LogP contribution in [0.4, 0.5) is 0 Å². The lowest BCUT2D eigenvalue weighted by molar-refractivity contribution is 0.0596. The van der Waals surface area contributed by atoms with Crippen LogP contribution in [-0.2, 0) is 4.74 Å². The molecule has 0 fully saturated rings. The summed E-state index contributed by atoms with van der Waals surface area (Å²) in [6.07, 6.45) is 0. The molecule has 0 bridgehead atoms. The second-order valence-corrected chi connectivity index (χ2v) is 3.11. The van der Waals surface area contributed by atoms with Crippen LogP contribution >= 0.6 is 0 Å². The van der Waals surface area contributed by atoms with Crippen molar-refractivity contribution >= 4 is 16.9 Å². The summed E-state index contributed by atoms with van der Waals surface area (Å²) >= 11 is 0. The highest BCUT2D eigenvalue weighted by molar-refractivity contribution is 6.01. The highest BCUT2D eigenvalue weighted by Gasteiger charge is 2.13. The van der Waals surface area contributed by atoms with Gasteiger partial charge in [-0.15, -0.1) is 0 Å². The number of carbonyl (C=O) groups is 1. The largest absolute Gasteiger partial charge is 0.464 e. The summed E-state index contributed by atoms with van der Waals surface area (Å²) in [4.78, 5) is 11.3. The second-order valence-electron chi connectivity index (χ2n) is 3.11. The number of benzene rings is 1. The van der Waals surface area contributed by atoms with Gasteiger partial charge in [0.1, 0.15) is 0 Å². The fourth-order valence-electron chi connectivity index (χ4n) is 1.39. The Kier molecular flexibility index (Phi) is 1.96. The Hall–Kier alpha value is -1.84. The van der Waals surface area contributed by atoms with Gasteiger partial charge in [-0.2, -0.15) is 5.10 Å². The number of hydrogen-bond donors (Lipinski definition) is 1. The van der Waals surface area contributed by atoms with Crippen LogP contribution in [0.3, 0.4) is 0 Å². The summed E-state index contributed by atoms with van der Waals surface area (Å²) in [5, 5.41) is 7.49. The zero-order chi connectivity index (χ0) is 10.1. The smallest absolute Gasteiger partial charge is 0.359 e. The summed E-state index contributed by atoms with van der Waals surface area (Å²) in [6.45, 7) is 1.98. The van der Waals surface area contributed by atoms with Crippen molar-refractivity contribution in [2.45, 2.75) is 6.92 Å². The Morgan fingerprint density at radius 2 is 2.29 bits per heavy atom. The maximum Gasteiger partial charge on any atom is 0.359 e. The molecule has 2 aromatic rings. The number of esters is 1. The number of fused-ring (bicyclic) bond motifs is 1. The van der Waals surface area contributed by atoms with Gasteiger partial charge in [-0.3, -0.25) is 5.10 Å². The van der Waals surface area contributed by atoms with Crippen molar-refractivity contribution in [3.8, 4) is 0 Å². The first kappa shape index (κ1) is 8.74. The summed E-state index contributed by atoms with van der Waals surface area (Å²) in [7, 11) is 1.34. The van der Waals surface area contributed by atoms with Crippen molar-refractivity contribution in [3.05, 3.63) is 29.5 Å². The number of aromatic amines is 1. The third kappa shape index (κ3) is 1.25. The predicted molar refractivity (Wildman–Crippen MR) is 52.2 cm³/mol. The van der Waals surface area contributed by atoms with Crippen molar-refractivity contribution in [2.24, 2.45) is 0 Å². The Morgan fingerprint density at radius 1 is 1.50 bits per heavy atom. The fourth-order valence-corrected chi connectivity index (χ4v) is 1.39. The second kappa shape index (κ2) is 3.14. The third-order valence-corrected chi connectivity index (χ3v) is 2.10. The van der Waals surface area contributed by atoms with E-state index in [1.807, 2.05) is 25.1 Å². The molecular formula is C10H10N2O2. The Morgan fingerprint density at radius 3 is 3.00 bits per heavy atom. The van der Waals surface area contributed by atoms with E-state index in [2.05, 4.69) is 14.9 Å². The molecule has 0 spiro atoms. The third-order valence-electron chi connectivity index (χ3n) is 2.10. The zero-order valence-electron chi connectivity index (χ0n) is 8.00. The van der Waals surface area contributed by atoms with Crippen LogP contribution in [0.1, 0.15) is 16.1 Å². The van der Waals surface area contributed by atoms with Crippen molar-refractivity contribution in [1.29, 1.82) is 0 Å². The highest BCUT2D eigenvalue weighted by Crippen LogP contribution is 2.17. The molecule has 4 nitrogen and oxygen atoms in total. The Balaban J connectivity index is 2.64. The standard InChI is InChI=1S/C10H10N2O2/c1-6-3-4-7-8(5-6)11-12-9(7)10(13)14-2/h3-5H,1-2H3,(H,11,12). The average Bonchev–Trinajstić information content (AvgIpc) is 2.59. The monoisotopic (exact) mass is 190 g/mol. The molecule has 0 radical (unpaired) electrons. The number of ether oxygens (including phenoxy) is 1. The molecule has 0 unspecified atom stereocenters. The summed E-state index contributed by atoms with van der Waals surface area (Å²) in [6, 6.07) is 5.74. The van der Waals surface area contributed by atoms with Crippen LogP contribution in [0.25, 0.3) is 10.9 Å². The van der Waals surface area contributed by atoms with E-state index in [1.54, 1.807) is 0 Å². The number of H-pyrrole nitrogens is 1. The molecule has 4 heteroatoms. The maximum atomic E-state index is 11.3. The minimum Gasteiger partial charge on any atom is -0.464 e. The zero-order valence-corrected chi connectivity index (χ0v) is 8.00. The summed E-state index contributed by atoms with van der Waals surface area (Å²) < 4.78 is 4.61. The van der Waals surface area contributed by atoms with Gasteiger partial charge in [-0.25, -0.2) is 4.79 Å². The lowest BCUT2D eigenvalue weighted by Crippen LogP contribution is -2.01. The average molecular weight is 190 g/mol. The number of carbonyl (C=O) groups excluding carboxylic acids is 1. The fraction of sp³-hybridized carbons (Fsp3) is 0.200. The molecule has 1 N–H and O–H groups in total. The normalized spacial score (nSPS) is 10.4. The molecule has 0 saturated heterocycles. The van der Waals surface area contributed by atoms with Crippen LogP contribution in [-0.4, -0.2) is 23.3 Å². The first-order valence-corrected chi connectivity index (χ1v) is 4.25. The first-order chi connectivity index (χ1) is 6.72. The predicted octanol–water partition coefficient (Wildman–Crippen LogP) is 1.66. The Bertz CT molecular complexity index is 488. The molecule has 0 atom stereocenters. The molecule has 0 aliphatic heterocycles. The maximum absolute atomic E-state index is 11.3. The molecule has 0 aliphatic rings. The molecule has 1 aromatic heterocycles. The van der Waals surface area contributed by atoms with Gasteiger partial charge < -0.3 is 4.74 Å². The number of aryl methyl sites for hydroxylation is 1. The van der Waals surface area contributed by atoms with Gasteiger partial charge in [-0.05, 0) is 18.6 Å². The molecule has 0 amide bonds. The van der Waals surface area contributed by atoms with Gasteiger partial charge in [0.25, 0.3) is 0 Å². The van der Waals surface area contributed by atoms with Gasteiger partial charge in [-0.1, -0.05) is 12.1 Å². The van der Waals surface area contributed by atoms with E-state index in [-0.39, 0.29) is 0 Å². The minimum atomic E-state index is -0.417. The van der Waals surface area contributed by atoms with Crippen molar-refractivity contribution in [1.82, 2.24) is 10.2 Å². The number of hydrogen-bond acceptors (Lipinski definition) is 3. The van der Waals surface area contributed by atoms with Crippen LogP contribution < -0.4 is 0 Å². The van der Waals surface area contributed by atoms with E-state index in [0.29, 0.717) is 5.69 Å². The topological polar surface area (TPSA) is 55.0 Å². The Labute approximate surface area is 80.9 Å². The molecule has 14 heavy (non-hydrogen) atoms. The van der Waals surface area contributed by atoms with E-state index < -0.39 is 5.97 Å². The van der Waals surface area contributed by atoms with E-state index in [9.17, 15) is 4.79 Å². The lowest BCUT2D eigenvalue weighted by atomic mass is 10.1. The summed E-state index contributed by atoms with van der Waals surface area (Å²) in [5.41, 5.74) is 2.31. The molecule has 2 rings (SSSR count). The van der Waals surface area contributed by atoms with E-state index >= 15 is 0 Å². The van der Waals surface area contributed by atoms with Crippen LogP contribution in [0.5, 0.6) is 0 Å². The van der Waals surface area contributed by atoms with Crippen molar-refractivity contribution < 1.29 is 9.53 Å². The number of rotatable bonds is 1. The van der Waals surface area contributed by atoms with Gasteiger partial charge in [0, 0.05) is 5.39 Å². The molecular weight excluding hydrogens is 180 g/mol. The SMILES string of the molecule is COC(=O)c1n[nH]c2cc(C)ccc12. The van der Waals surface area contributed by atoms with Crippen molar-refractivity contribution in [2.75, 3.05) is 7.11 Å². The lowest BCUT2D eigenvalue weighted by Gasteiger charge is -1.95. The minimum absolute atomic E-state index is 0.336. The number of nitrogens with zero attached hydrogens (tertiary/aromatic N) is 1. The van der Waals surface area contributed by atoms with E-state index in [1.165, 1.54) is 7.11 Å². The van der Waals surface area contributed by atoms with Gasteiger partial charge in [0.15, 0.2) is 5.69 Å². The molecule has 0 saturated carbocycles. The molecule has 1 aromatic carbocycles. The van der Waals surface area contributed by atoms with Crippen molar-refractivity contribution in [3.63, 3.8) is 0 Å². The number of aromatic nitrogens is 2. The molecule has 0 aliphatic carbocycles. The quantitative estimate of drug-likeness (QED) is 0.696. The van der Waals surface area contributed by atoms with Crippen LogP contribution in [0.2, 0.25) is 0 Å². The highest BCUT2D eigenvalue weighted by atomic mass is 16.5. The summed E-state index contributed by atoms with van der Waals surface area (Å²) in [5.74, 6) is -0.417. The number of methoxy groups -OCH3 is 1. The van der Waals surface area contributed by atoms with Crippen LogP contribution in [0.15, 0.2) is 18.2 Å². The van der Waals surface area contributed by atoms with Gasteiger partial charge in [0.05, 0.1) is 12.6 Å². The van der Waals surface area contributed by atoms with E-state index in [0.717, 1.165) is 16.5 Å².